The van der Waals surface area contributed by atoms with Crippen LogP contribution in [0.4, 0.5) is 10.2 Å². The zero-order valence-corrected chi connectivity index (χ0v) is 10.9. The molecule has 1 saturated heterocycles. The Kier molecular flexibility index (Phi) is 3.30. The molecule has 20 heavy (non-hydrogen) atoms. The van der Waals surface area contributed by atoms with Gasteiger partial charge in [-0.05, 0) is 25.0 Å². The van der Waals surface area contributed by atoms with Crippen LogP contribution >= 0.6 is 0 Å². The van der Waals surface area contributed by atoms with Gasteiger partial charge in [0, 0.05) is 19.2 Å². The van der Waals surface area contributed by atoms with Crippen molar-refractivity contribution in [1.82, 2.24) is 9.97 Å². The Labute approximate surface area is 116 Å². The smallest absolute Gasteiger partial charge is 0.165 e. The van der Waals surface area contributed by atoms with E-state index in [2.05, 4.69) is 14.9 Å². The summed E-state index contributed by atoms with van der Waals surface area (Å²) < 4.78 is 13.8. The molecule has 1 aliphatic rings. The molecule has 4 nitrogen and oxygen atoms in total. The van der Waals surface area contributed by atoms with Crippen molar-refractivity contribution < 1.29 is 4.39 Å². The summed E-state index contributed by atoms with van der Waals surface area (Å²) in [5.41, 5.74) is 0.588. The standard InChI is InChI=1S/C15H13FN4/c16-13-6-2-1-5-12(13)15-18-11(10-17)9-14(19-15)20-7-3-4-8-20/h1-2,5-6,9H,3-4,7-8H2. The Bertz CT molecular complexity index is 672. The first-order chi connectivity index (χ1) is 9.78. The van der Waals surface area contributed by atoms with Crippen LogP contribution in [-0.2, 0) is 0 Å². The van der Waals surface area contributed by atoms with Crippen molar-refractivity contribution in [3.63, 3.8) is 0 Å². The molecule has 5 heteroatoms. The highest BCUT2D eigenvalue weighted by molar-refractivity contribution is 5.59. The van der Waals surface area contributed by atoms with E-state index in [9.17, 15) is 4.39 Å². The second-order valence-corrected chi connectivity index (χ2v) is 4.72. The number of aromatic nitrogens is 2. The topological polar surface area (TPSA) is 52.8 Å². The number of rotatable bonds is 2. The van der Waals surface area contributed by atoms with E-state index < -0.39 is 0 Å². The highest BCUT2D eigenvalue weighted by Gasteiger charge is 2.17. The van der Waals surface area contributed by atoms with E-state index in [-0.39, 0.29) is 17.3 Å². The summed E-state index contributed by atoms with van der Waals surface area (Å²) in [6, 6.07) is 10.0. The second kappa shape index (κ2) is 5.25. The van der Waals surface area contributed by atoms with Gasteiger partial charge in [0.25, 0.3) is 0 Å². The fraction of sp³-hybridized carbons (Fsp3) is 0.267. The van der Waals surface area contributed by atoms with Gasteiger partial charge in [-0.3, -0.25) is 0 Å². The third kappa shape index (κ3) is 2.32. The van der Waals surface area contributed by atoms with Gasteiger partial charge in [-0.1, -0.05) is 12.1 Å². The van der Waals surface area contributed by atoms with Crippen LogP contribution < -0.4 is 4.90 Å². The molecule has 2 heterocycles. The van der Waals surface area contributed by atoms with Crippen molar-refractivity contribution >= 4 is 5.82 Å². The minimum Gasteiger partial charge on any atom is -0.356 e. The maximum absolute atomic E-state index is 13.8. The van der Waals surface area contributed by atoms with E-state index in [1.807, 2.05) is 6.07 Å². The Morgan fingerprint density at radius 1 is 1.15 bits per heavy atom. The van der Waals surface area contributed by atoms with Gasteiger partial charge in [-0.2, -0.15) is 5.26 Å². The van der Waals surface area contributed by atoms with E-state index in [1.54, 1.807) is 24.3 Å². The molecular weight excluding hydrogens is 255 g/mol. The third-order valence-electron chi connectivity index (χ3n) is 3.37. The SMILES string of the molecule is N#Cc1cc(N2CCCC2)nc(-c2ccccc2F)n1. The van der Waals surface area contributed by atoms with E-state index in [0.717, 1.165) is 25.9 Å². The zero-order valence-electron chi connectivity index (χ0n) is 10.9. The molecule has 1 aromatic heterocycles. The number of halogens is 1. The molecule has 3 rings (SSSR count). The first kappa shape index (κ1) is 12.5. The van der Waals surface area contributed by atoms with Crippen LogP contribution in [-0.4, -0.2) is 23.1 Å². The molecule has 0 radical (unpaired) electrons. The van der Waals surface area contributed by atoms with Crippen LogP contribution in [0.1, 0.15) is 18.5 Å². The first-order valence-corrected chi connectivity index (χ1v) is 6.57. The second-order valence-electron chi connectivity index (χ2n) is 4.72. The van der Waals surface area contributed by atoms with Crippen LogP contribution in [0.25, 0.3) is 11.4 Å². The lowest BCUT2D eigenvalue weighted by molar-refractivity contribution is 0.630. The molecule has 0 N–H and O–H groups in total. The number of nitrogens with zero attached hydrogens (tertiary/aromatic N) is 4. The average Bonchev–Trinajstić information content (AvgIpc) is 3.01. The Morgan fingerprint density at radius 3 is 2.60 bits per heavy atom. The van der Waals surface area contributed by atoms with Crippen molar-refractivity contribution in [2.24, 2.45) is 0 Å². The number of nitriles is 1. The van der Waals surface area contributed by atoms with Gasteiger partial charge in [0.1, 0.15) is 23.4 Å². The van der Waals surface area contributed by atoms with Gasteiger partial charge in [0.2, 0.25) is 0 Å². The van der Waals surface area contributed by atoms with Crippen molar-refractivity contribution in [2.75, 3.05) is 18.0 Å². The summed E-state index contributed by atoms with van der Waals surface area (Å²) in [6.07, 6.45) is 2.22. The average molecular weight is 268 g/mol. The van der Waals surface area contributed by atoms with Gasteiger partial charge >= 0.3 is 0 Å². The normalized spacial score (nSPS) is 14.3. The van der Waals surface area contributed by atoms with Crippen LogP contribution in [0.2, 0.25) is 0 Å². The monoisotopic (exact) mass is 268 g/mol. The van der Waals surface area contributed by atoms with Crippen LogP contribution in [0.5, 0.6) is 0 Å². The molecule has 0 aliphatic carbocycles. The Hall–Kier alpha value is -2.48. The first-order valence-electron chi connectivity index (χ1n) is 6.57. The highest BCUT2D eigenvalue weighted by Crippen LogP contribution is 2.24. The molecule has 0 spiro atoms. The van der Waals surface area contributed by atoms with Gasteiger partial charge in [0.05, 0.1) is 5.56 Å². The predicted molar refractivity (Wildman–Crippen MR) is 73.6 cm³/mol. The van der Waals surface area contributed by atoms with Gasteiger partial charge in [-0.15, -0.1) is 0 Å². The lowest BCUT2D eigenvalue weighted by atomic mass is 10.2. The molecule has 0 atom stereocenters. The van der Waals surface area contributed by atoms with Crippen LogP contribution in [0, 0.1) is 17.1 Å². The fourth-order valence-corrected chi connectivity index (χ4v) is 2.36. The molecule has 1 fully saturated rings. The molecule has 0 saturated carbocycles. The quantitative estimate of drug-likeness (QED) is 0.840. The third-order valence-corrected chi connectivity index (χ3v) is 3.37. The summed E-state index contributed by atoms with van der Waals surface area (Å²) >= 11 is 0. The van der Waals surface area contributed by atoms with E-state index in [1.165, 1.54) is 6.07 Å². The molecule has 2 aromatic rings. The summed E-state index contributed by atoms with van der Waals surface area (Å²) in [4.78, 5) is 10.6. The summed E-state index contributed by atoms with van der Waals surface area (Å²) in [6.45, 7) is 1.83. The predicted octanol–water partition coefficient (Wildman–Crippen LogP) is 2.75. The van der Waals surface area contributed by atoms with Gasteiger partial charge in [-0.25, -0.2) is 14.4 Å². The largest absolute Gasteiger partial charge is 0.356 e. The van der Waals surface area contributed by atoms with Gasteiger partial charge < -0.3 is 4.90 Å². The molecule has 1 aromatic carbocycles. The highest BCUT2D eigenvalue weighted by atomic mass is 19.1. The number of benzene rings is 1. The van der Waals surface area contributed by atoms with Crippen molar-refractivity contribution in [1.29, 1.82) is 5.26 Å². The van der Waals surface area contributed by atoms with Crippen molar-refractivity contribution in [2.45, 2.75) is 12.8 Å². The van der Waals surface area contributed by atoms with Crippen LogP contribution in [0.15, 0.2) is 30.3 Å². The maximum atomic E-state index is 13.8. The van der Waals surface area contributed by atoms with Gasteiger partial charge in [0.15, 0.2) is 5.82 Å². The summed E-state index contributed by atoms with van der Waals surface area (Å²) in [5.74, 6) is 0.589. The van der Waals surface area contributed by atoms with E-state index in [4.69, 9.17) is 5.26 Å². The lowest BCUT2D eigenvalue weighted by Crippen LogP contribution is -2.19. The van der Waals surface area contributed by atoms with Crippen molar-refractivity contribution in [3.05, 3.63) is 41.8 Å². The fourth-order valence-electron chi connectivity index (χ4n) is 2.36. The Balaban J connectivity index is 2.09. The minimum absolute atomic E-state index is 0.264. The lowest BCUT2D eigenvalue weighted by Gasteiger charge is -2.17. The molecular formula is C15H13FN4. The molecule has 1 aliphatic heterocycles. The minimum atomic E-state index is -0.380. The molecule has 100 valence electrons. The summed E-state index contributed by atoms with van der Waals surface area (Å²) in [5, 5.41) is 9.09. The molecule has 0 amide bonds. The number of anilines is 1. The maximum Gasteiger partial charge on any atom is 0.165 e. The molecule has 0 unspecified atom stereocenters. The molecule has 0 bridgehead atoms. The number of hydrogen-bond donors (Lipinski definition) is 0. The zero-order chi connectivity index (χ0) is 13.9. The van der Waals surface area contributed by atoms with Crippen LogP contribution in [0.3, 0.4) is 0 Å². The Morgan fingerprint density at radius 2 is 1.90 bits per heavy atom. The summed E-state index contributed by atoms with van der Waals surface area (Å²) in [7, 11) is 0. The van der Waals surface area contributed by atoms with E-state index >= 15 is 0 Å². The number of hydrogen-bond acceptors (Lipinski definition) is 4. The van der Waals surface area contributed by atoms with Crippen molar-refractivity contribution in [3.8, 4) is 17.5 Å². The van der Waals surface area contributed by atoms with E-state index in [0.29, 0.717) is 11.4 Å².